The second kappa shape index (κ2) is 10.3. The lowest BCUT2D eigenvalue weighted by molar-refractivity contribution is 0.0535. The molecule has 3 amide bonds. The lowest BCUT2D eigenvalue weighted by atomic mass is 10.1. The fourth-order valence-electron chi connectivity index (χ4n) is 3.81. The summed E-state index contributed by atoms with van der Waals surface area (Å²) in [6, 6.07) is 19.1. The molecule has 174 valence electrons. The lowest BCUT2D eigenvalue weighted by Crippen LogP contribution is -2.50. The maximum atomic E-state index is 13.1. The summed E-state index contributed by atoms with van der Waals surface area (Å²) < 4.78 is 0. The highest BCUT2D eigenvalue weighted by Gasteiger charge is 2.27. The van der Waals surface area contributed by atoms with Gasteiger partial charge in [0.05, 0.1) is 15.6 Å². The Balaban J connectivity index is 1.42. The largest absolute Gasteiger partial charge is 0.335 e. The molecule has 8 heteroatoms. The molecule has 1 aliphatic heterocycles. The normalized spacial score (nSPS) is 13.5. The van der Waals surface area contributed by atoms with E-state index in [0.29, 0.717) is 53.6 Å². The molecule has 3 aromatic carbocycles. The smallest absolute Gasteiger partial charge is 0.255 e. The van der Waals surface area contributed by atoms with Crippen molar-refractivity contribution in [1.82, 2.24) is 9.80 Å². The van der Waals surface area contributed by atoms with Crippen molar-refractivity contribution in [2.75, 3.05) is 31.5 Å². The van der Waals surface area contributed by atoms with Crippen molar-refractivity contribution in [3.8, 4) is 0 Å². The molecule has 1 heterocycles. The Morgan fingerprint density at radius 2 is 1.41 bits per heavy atom. The van der Waals surface area contributed by atoms with E-state index >= 15 is 0 Å². The van der Waals surface area contributed by atoms with Crippen molar-refractivity contribution in [3.05, 3.63) is 99.0 Å². The minimum Gasteiger partial charge on any atom is -0.335 e. The summed E-state index contributed by atoms with van der Waals surface area (Å²) >= 11 is 12.2. The molecule has 1 aliphatic rings. The van der Waals surface area contributed by atoms with Gasteiger partial charge >= 0.3 is 0 Å². The molecule has 0 aliphatic carbocycles. The molecule has 0 unspecified atom stereocenters. The van der Waals surface area contributed by atoms with Gasteiger partial charge in [-0.05, 0) is 48.9 Å². The van der Waals surface area contributed by atoms with Crippen LogP contribution in [0.25, 0.3) is 0 Å². The quantitative estimate of drug-likeness (QED) is 0.543. The van der Waals surface area contributed by atoms with Crippen LogP contribution in [0, 0.1) is 6.92 Å². The van der Waals surface area contributed by atoms with Crippen LogP contribution in [0.15, 0.2) is 66.7 Å². The zero-order chi connectivity index (χ0) is 24.2. The number of carbonyl (C=O) groups is 3. The number of nitrogens with one attached hydrogen (secondary N) is 1. The first-order valence-electron chi connectivity index (χ1n) is 10.8. The van der Waals surface area contributed by atoms with Crippen LogP contribution in [-0.2, 0) is 0 Å². The van der Waals surface area contributed by atoms with Gasteiger partial charge < -0.3 is 15.1 Å². The molecule has 0 bridgehead atoms. The van der Waals surface area contributed by atoms with Crippen LogP contribution < -0.4 is 5.32 Å². The van der Waals surface area contributed by atoms with Crippen LogP contribution in [0.3, 0.4) is 0 Å². The van der Waals surface area contributed by atoms with Gasteiger partial charge in [-0.2, -0.15) is 0 Å². The molecule has 0 spiro atoms. The van der Waals surface area contributed by atoms with Crippen LogP contribution in [0.4, 0.5) is 5.69 Å². The number of piperazine rings is 1. The number of anilines is 1. The predicted molar refractivity (Wildman–Crippen MR) is 134 cm³/mol. The summed E-state index contributed by atoms with van der Waals surface area (Å²) in [5.41, 5.74) is 2.82. The van der Waals surface area contributed by atoms with Crippen molar-refractivity contribution in [2.45, 2.75) is 6.92 Å². The highest BCUT2D eigenvalue weighted by atomic mass is 35.5. The van der Waals surface area contributed by atoms with E-state index in [9.17, 15) is 14.4 Å². The van der Waals surface area contributed by atoms with Gasteiger partial charge in [-0.1, -0.05) is 53.5 Å². The summed E-state index contributed by atoms with van der Waals surface area (Å²) in [5, 5.41) is 3.45. The summed E-state index contributed by atoms with van der Waals surface area (Å²) in [6.07, 6.45) is 0. The van der Waals surface area contributed by atoms with Crippen molar-refractivity contribution in [3.63, 3.8) is 0 Å². The molecule has 1 saturated heterocycles. The van der Waals surface area contributed by atoms with E-state index in [-0.39, 0.29) is 22.7 Å². The number of rotatable bonds is 4. The third-order valence-electron chi connectivity index (χ3n) is 5.80. The maximum Gasteiger partial charge on any atom is 0.255 e. The third-order valence-corrected chi connectivity index (χ3v) is 6.62. The lowest BCUT2D eigenvalue weighted by Gasteiger charge is -2.35. The first-order chi connectivity index (χ1) is 16.3. The number of hydrogen-bond donors (Lipinski definition) is 1. The molecule has 0 saturated carbocycles. The number of halogens is 2. The number of benzene rings is 3. The number of aryl methyl sites for hydroxylation is 1. The van der Waals surface area contributed by atoms with Crippen molar-refractivity contribution in [2.24, 2.45) is 0 Å². The van der Waals surface area contributed by atoms with E-state index in [1.807, 2.05) is 19.1 Å². The minimum atomic E-state index is -0.236. The second-order valence-corrected chi connectivity index (χ2v) is 8.82. The molecule has 0 aromatic heterocycles. The highest BCUT2D eigenvalue weighted by molar-refractivity contribution is 6.43. The van der Waals surface area contributed by atoms with Crippen LogP contribution in [0.5, 0.6) is 0 Å². The molecule has 0 radical (unpaired) electrons. The van der Waals surface area contributed by atoms with E-state index in [0.717, 1.165) is 5.56 Å². The Morgan fingerprint density at radius 1 is 0.765 bits per heavy atom. The zero-order valence-electron chi connectivity index (χ0n) is 18.6. The summed E-state index contributed by atoms with van der Waals surface area (Å²) in [4.78, 5) is 41.9. The van der Waals surface area contributed by atoms with Crippen LogP contribution in [0.1, 0.15) is 36.6 Å². The van der Waals surface area contributed by atoms with E-state index in [1.54, 1.807) is 64.4 Å². The Kier molecular flexibility index (Phi) is 7.20. The van der Waals surface area contributed by atoms with Crippen molar-refractivity contribution >= 4 is 46.6 Å². The average molecular weight is 496 g/mol. The molecule has 6 nitrogen and oxygen atoms in total. The Morgan fingerprint density at radius 3 is 2.09 bits per heavy atom. The Bertz CT molecular complexity index is 1240. The standard InChI is InChI=1S/C26H23Cl2N3O3/c1-17-10-11-19(16-22(17)29-24(32)18-6-3-2-4-7-18)25(33)30-12-14-31(15-13-30)26(34)20-8-5-9-21(27)23(20)28/h2-11,16H,12-15H2,1H3,(H,29,32). The van der Waals surface area contributed by atoms with Crippen molar-refractivity contribution in [1.29, 1.82) is 0 Å². The van der Waals surface area contributed by atoms with E-state index < -0.39 is 0 Å². The van der Waals surface area contributed by atoms with Gasteiger partial charge in [0.25, 0.3) is 17.7 Å². The van der Waals surface area contributed by atoms with E-state index in [4.69, 9.17) is 23.2 Å². The SMILES string of the molecule is Cc1ccc(C(=O)N2CCN(C(=O)c3cccc(Cl)c3Cl)CC2)cc1NC(=O)c1ccccc1. The topological polar surface area (TPSA) is 69.7 Å². The summed E-state index contributed by atoms with van der Waals surface area (Å²) in [7, 11) is 0. The number of carbonyl (C=O) groups excluding carboxylic acids is 3. The molecule has 1 fully saturated rings. The molecule has 3 aromatic rings. The van der Waals surface area contributed by atoms with Crippen molar-refractivity contribution < 1.29 is 14.4 Å². The Hall–Kier alpha value is -3.35. The van der Waals surface area contributed by atoms with Gasteiger partial charge in [-0.25, -0.2) is 0 Å². The first kappa shape index (κ1) is 23.8. The van der Waals surface area contributed by atoms with Gasteiger partial charge in [-0.15, -0.1) is 0 Å². The van der Waals surface area contributed by atoms with Gasteiger partial charge in [0.1, 0.15) is 0 Å². The number of amides is 3. The average Bonchev–Trinajstić information content (AvgIpc) is 2.87. The summed E-state index contributed by atoms with van der Waals surface area (Å²) in [6.45, 7) is 3.43. The van der Waals surface area contributed by atoms with Gasteiger partial charge in [0.2, 0.25) is 0 Å². The van der Waals surface area contributed by atoms with E-state index in [1.165, 1.54) is 0 Å². The van der Waals surface area contributed by atoms with Gasteiger partial charge in [-0.3, -0.25) is 14.4 Å². The predicted octanol–water partition coefficient (Wildman–Crippen LogP) is 5.15. The fourth-order valence-corrected chi connectivity index (χ4v) is 4.19. The third kappa shape index (κ3) is 5.08. The van der Waals surface area contributed by atoms with Gasteiger partial charge in [0, 0.05) is 43.0 Å². The molecule has 1 N–H and O–H groups in total. The summed E-state index contributed by atoms with van der Waals surface area (Å²) in [5.74, 6) is -0.593. The molecule has 0 atom stereocenters. The number of nitrogens with zero attached hydrogens (tertiary/aromatic N) is 2. The minimum absolute atomic E-state index is 0.150. The highest BCUT2D eigenvalue weighted by Crippen LogP contribution is 2.27. The van der Waals surface area contributed by atoms with Crippen LogP contribution >= 0.6 is 23.2 Å². The van der Waals surface area contributed by atoms with Crippen LogP contribution in [0.2, 0.25) is 10.0 Å². The van der Waals surface area contributed by atoms with Crippen LogP contribution in [-0.4, -0.2) is 53.7 Å². The second-order valence-electron chi connectivity index (χ2n) is 8.04. The monoisotopic (exact) mass is 495 g/mol. The molecular weight excluding hydrogens is 473 g/mol. The Labute approximate surface area is 208 Å². The zero-order valence-corrected chi connectivity index (χ0v) is 20.1. The molecule has 4 rings (SSSR count). The number of hydrogen-bond acceptors (Lipinski definition) is 3. The fraction of sp³-hybridized carbons (Fsp3) is 0.192. The first-order valence-corrected chi connectivity index (χ1v) is 11.6. The maximum absolute atomic E-state index is 13.1. The van der Waals surface area contributed by atoms with Gasteiger partial charge in [0.15, 0.2) is 0 Å². The molecule has 34 heavy (non-hydrogen) atoms. The van der Waals surface area contributed by atoms with E-state index in [2.05, 4.69) is 5.32 Å². The molecular formula is C26H23Cl2N3O3.